The molecular formula is C25H31I2NO3. The number of nitrogens with zero attached hydrogens (tertiary/aromatic N) is 1. The number of aliphatic hydroxyl groups is 1. The highest BCUT2D eigenvalue weighted by atomic mass is 127. The highest BCUT2D eigenvalue weighted by molar-refractivity contribution is 14.1. The van der Waals surface area contributed by atoms with Crippen molar-refractivity contribution in [2.24, 2.45) is 0 Å². The molecule has 0 unspecified atom stereocenters. The van der Waals surface area contributed by atoms with Crippen molar-refractivity contribution >= 4 is 56.2 Å². The molecule has 0 saturated heterocycles. The summed E-state index contributed by atoms with van der Waals surface area (Å²) in [6, 6.07) is 10.2. The molecule has 0 atom stereocenters. The van der Waals surface area contributed by atoms with Gasteiger partial charge in [-0.05, 0) is 82.4 Å². The molecule has 31 heavy (non-hydrogen) atoms. The van der Waals surface area contributed by atoms with Crippen LogP contribution < -0.4 is 4.74 Å². The average molecular weight is 647 g/mol. The first-order valence-corrected chi connectivity index (χ1v) is 13.2. The Morgan fingerprint density at radius 2 is 1.81 bits per heavy atom. The van der Waals surface area contributed by atoms with E-state index in [-0.39, 0.29) is 6.61 Å². The van der Waals surface area contributed by atoms with Crippen LogP contribution in [0.3, 0.4) is 0 Å². The fraction of sp³-hybridized carbons (Fsp3) is 0.440. The second kappa shape index (κ2) is 11.9. The Hall–Kier alpha value is -0.840. The molecule has 1 heterocycles. The molecule has 1 N–H and O–H groups in total. The zero-order chi connectivity index (χ0) is 22.4. The first-order chi connectivity index (χ1) is 15.0. The predicted octanol–water partition coefficient (Wildman–Crippen LogP) is 6.86. The molecule has 3 rings (SSSR count). The lowest BCUT2D eigenvalue weighted by atomic mass is 9.95. The minimum atomic E-state index is -0.0201. The van der Waals surface area contributed by atoms with Gasteiger partial charge in [0.2, 0.25) is 0 Å². The molecule has 0 bridgehead atoms. The van der Waals surface area contributed by atoms with Crippen LogP contribution in [0, 0.1) is 7.14 Å². The zero-order valence-corrected chi connectivity index (χ0v) is 22.8. The third-order valence-corrected chi connectivity index (χ3v) is 7.48. The van der Waals surface area contributed by atoms with Gasteiger partial charge in [0, 0.05) is 29.5 Å². The van der Waals surface area contributed by atoms with E-state index in [1.807, 2.05) is 18.2 Å². The summed E-state index contributed by atoms with van der Waals surface area (Å²) < 4.78 is 14.7. The van der Waals surface area contributed by atoms with Gasteiger partial charge in [-0.1, -0.05) is 45.4 Å². The summed E-state index contributed by atoms with van der Waals surface area (Å²) >= 11 is 4.70. The van der Waals surface area contributed by atoms with Gasteiger partial charge in [-0.2, -0.15) is 0 Å². The monoisotopic (exact) mass is 647 g/mol. The number of aliphatic hydroxyl groups excluding tert-OH is 1. The van der Waals surface area contributed by atoms with E-state index in [1.54, 1.807) is 0 Å². The smallest absolute Gasteiger partial charge is 0.146 e. The maximum absolute atomic E-state index is 10.2. The second-order valence-electron chi connectivity index (χ2n) is 7.57. The van der Waals surface area contributed by atoms with Crippen molar-refractivity contribution in [2.45, 2.75) is 46.6 Å². The van der Waals surface area contributed by atoms with Crippen molar-refractivity contribution in [2.75, 3.05) is 26.2 Å². The van der Waals surface area contributed by atoms with Crippen LogP contribution >= 0.6 is 45.2 Å². The van der Waals surface area contributed by atoms with Crippen molar-refractivity contribution < 1.29 is 14.3 Å². The van der Waals surface area contributed by atoms with Gasteiger partial charge in [-0.25, -0.2) is 0 Å². The first-order valence-electron chi connectivity index (χ1n) is 11.0. The normalized spacial score (nSPS) is 11.6. The van der Waals surface area contributed by atoms with Gasteiger partial charge < -0.3 is 19.2 Å². The Labute approximate surface area is 212 Å². The summed E-state index contributed by atoms with van der Waals surface area (Å²) in [5, 5.41) is 11.3. The summed E-state index contributed by atoms with van der Waals surface area (Å²) in [5.74, 6) is 1.89. The van der Waals surface area contributed by atoms with E-state index in [4.69, 9.17) is 9.15 Å². The van der Waals surface area contributed by atoms with E-state index in [9.17, 15) is 5.11 Å². The maximum Gasteiger partial charge on any atom is 0.146 e. The van der Waals surface area contributed by atoms with E-state index in [2.05, 4.69) is 83.0 Å². The van der Waals surface area contributed by atoms with E-state index in [1.165, 1.54) is 0 Å². The molecule has 0 saturated carbocycles. The number of ether oxygens (including phenoxy) is 1. The van der Waals surface area contributed by atoms with Crippen molar-refractivity contribution in [3.63, 3.8) is 0 Å². The van der Waals surface area contributed by atoms with Crippen molar-refractivity contribution in [3.8, 4) is 16.9 Å². The molecule has 0 radical (unpaired) electrons. The summed E-state index contributed by atoms with van der Waals surface area (Å²) in [7, 11) is 0. The minimum absolute atomic E-state index is 0.0201. The molecule has 0 aliphatic heterocycles. The number of benzene rings is 2. The first kappa shape index (κ1) is 24.8. The molecule has 2 aromatic carbocycles. The van der Waals surface area contributed by atoms with Crippen molar-refractivity contribution in [3.05, 3.63) is 48.8 Å². The van der Waals surface area contributed by atoms with E-state index in [0.29, 0.717) is 6.61 Å². The zero-order valence-electron chi connectivity index (χ0n) is 18.5. The van der Waals surface area contributed by atoms with Gasteiger partial charge in [0.25, 0.3) is 0 Å². The van der Waals surface area contributed by atoms with Gasteiger partial charge in [0.1, 0.15) is 23.7 Å². The van der Waals surface area contributed by atoms with Crippen LogP contribution in [0.15, 0.2) is 34.7 Å². The standard InChI is InChI=1S/C25H31I2NO3/c1-4-7-11-21-23(18-10-8-9-12-20(18)31-21)22-17(16-29)15-19(26)25(24(22)27)30-14-13-28(5-2)6-3/h8-10,12,15,29H,4-7,11,13-14,16H2,1-3H3. The topological polar surface area (TPSA) is 45.8 Å². The molecule has 4 nitrogen and oxygen atoms in total. The molecule has 0 aliphatic rings. The second-order valence-corrected chi connectivity index (χ2v) is 9.81. The van der Waals surface area contributed by atoms with Gasteiger partial charge in [-0.15, -0.1) is 0 Å². The average Bonchev–Trinajstić information content (AvgIpc) is 3.14. The number of unbranched alkanes of at least 4 members (excludes halogenated alkanes) is 1. The Bertz CT molecular complexity index is 1010. The van der Waals surface area contributed by atoms with Crippen LogP contribution in [0.2, 0.25) is 0 Å². The number of likely N-dealkylation sites (N-methyl/N-ethyl adjacent to an activating group) is 1. The van der Waals surface area contributed by atoms with E-state index < -0.39 is 0 Å². The molecule has 0 amide bonds. The van der Waals surface area contributed by atoms with Crippen molar-refractivity contribution in [1.29, 1.82) is 0 Å². The minimum Gasteiger partial charge on any atom is -0.490 e. The number of aryl methyl sites for hydroxylation is 1. The summed E-state index contributed by atoms with van der Waals surface area (Å²) in [4.78, 5) is 2.36. The number of furan rings is 1. The third-order valence-electron chi connectivity index (χ3n) is 5.65. The number of rotatable bonds is 11. The van der Waals surface area contributed by atoms with Crippen LogP contribution in [0.5, 0.6) is 5.75 Å². The van der Waals surface area contributed by atoms with Crippen LogP contribution in [-0.4, -0.2) is 36.2 Å². The lowest BCUT2D eigenvalue weighted by Gasteiger charge is -2.21. The third kappa shape index (κ3) is 5.57. The largest absolute Gasteiger partial charge is 0.490 e. The number of hydrogen-bond donors (Lipinski definition) is 1. The van der Waals surface area contributed by atoms with Gasteiger partial charge in [-0.3, -0.25) is 0 Å². The van der Waals surface area contributed by atoms with E-state index >= 15 is 0 Å². The van der Waals surface area contributed by atoms with Crippen LogP contribution in [0.4, 0.5) is 0 Å². The quantitative estimate of drug-likeness (QED) is 0.231. The molecule has 0 spiro atoms. The highest BCUT2D eigenvalue weighted by Crippen LogP contribution is 2.44. The van der Waals surface area contributed by atoms with Gasteiger partial charge in [0.15, 0.2) is 0 Å². The van der Waals surface area contributed by atoms with Crippen LogP contribution in [-0.2, 0) is 13.0 Å². The fourth-order valence-electron chi connectivity index (χ4n) is 3.88. The number of halogens is 2. The van der Waals surface area contributed by atoms with Crippen LogP contribution in [0.1, 0.15) is 44.9 Å². The molecule has 0 aliphatic carbocycles. The fourth-order valence-corrected chi connectivity index (χ4v) is 6.26. The number of fused-ring (bicyclic) bond motifs is 1. The predicted molar refractivity (Wildman–Crippen MR) is 145 cm³/mol. The lowest BCUT2D eigenvalue weighted by molar-refractivity contribution is 0.221. The summed E-state index contributed by atoms with van der Waals surface area (Å²) in [6.07, 6.45) is 3.05. The molecule has 1 aromatic heterocycles. The molecule has 6 heteroatoms. The summed E-state index contributed by atoms with van der Waals surface area (Å²) in [6.45, 7) is 10.1. The Morgan fingerprint density at radius 1 is 1.06 bits per heavy atom. The van der Waals surface area contributed by atoms with Crippen LogP contribution in [0.25, 0.3) is 22.1 Å². The number of para-hydroxylation sites is 1. The highest BCUT2D eigenvalue weighted by Gasteiger charge is 2.24. The molecule has 3 aromatic rings. The number of hydrogen-bond acceptors (Lipinski definition) is 4. The summed E-state index contributed by atoms with van der Waals surface area (Å²) in [5.41, 5.74) is 3.94. The van der Waals surface area contributed by atoms with E-state index in [0.717, 1.165) is 85.2 Å². The Kier molecular flexibility index (Phi) is 9.48. The SMILES string of the molecule is CCCCc1oc2ccccc2c1-c1c(CO)cc(I)c(OCCN(CC)CC)c1I. The Balaban J connectivity index is 2.10. The van der Waals surface area contributed by atoms with Crippen molar-refractivity contribution in [1.82, 2.24) is 4.90 Å². The van der Waals surface area contributed by atoms with Gasteiger partial charge in [0.05, 0.1) is 13.7 Å². The molecule has 0 fully saturated rings. The van der Waals surface area contributed by atoms with Gasteiger partial charge >= 0.3 is 0 Å². The lowest BCUT2D eigenvalue weighted by Crippen LogP contribution is -2.28. The Morgan fingerprint density at radius 3 is 2.48 bits per heavy atom. The molecule has 168 valence electrons. The molecular weight excluding hydrogens is 616 g/mol. The maximum atomic E-state index is 10.2.